The number of rotatable bonds is 7. The van der Waals surface area contributed by atoms with Crippen molar-refractivity contribution in [1.82, 2.24) is 5.32 Å². The highest BCUT2D eigenvalue weighted by molar-refractivity contribution is 5.99. The van der Waals surface area contributed by atoms with Gasteiger partial charge in [-0.25, -0.2) is 4.39 Å². The first-order valence-electron chi connectivity index (χ1n) is 11.4. The zero-order chi connectivity index (χ0) is 24.3. The van der Waals surface area contributed by atoms with E-state index in [0.717, 1.165) is 51.9 Å². The second-order valence-electron chi connectivity index (χ2n) is 9.01. The van der Waals surface area contributed by atoms with E-state index in [1.807, 2.05) is 39.8 Å². The Morgan fingerprint density at radius 2 is 1.67 bits per heavy atom. The number of anilines is 1. The number of amides is 1. The molecule has 1 aliphatic rings. The Hall–Kier alpha value is -3.15. The van der Waals surface area contributed by atoms with Crippen molar-refractivity contribution in [3.8, 4) is 11.1 Å². The molecular formula is C27H33FN2O3. The number of hydrogen-bond donors (Lipinski definition) is 3. The molecule has 0 aliphatic heterocycles. The lowest BCUT2D eigenvalue weighted by Gasteiger charge is -2.21. The summed E-state index contributed by atoms with van der Waals surface area (Å²) in [4.78, 5) is 23.0. The fourth-order valence-corrected chi connectivity index (χ4v) is 4.65. The van der Waals surface area contributed by atoms with Crippen LogP contribution in [-0.4, -0.2) is 29.6 Å². The maximum absolute atomic E-state index is 15.2. The summed E-state index contributed by atoms with van der Waals surface area (Å²) in [7, 11) is 0. The SMILES string of the molecule is C/C(=C\c1c(C)c(C)c(-c2ccc(NC3CCCC3)cc2F)c(C)c1C)C(=O)NCC(=O)O. The first-order valence-corrected chi connectivity index (χ1v) is 11.4. The number of benzene rings is 2. The number of carbonyl (C=O) groups excluding carboxylic acids is 1. The van der Waals surface area contributed by atoms with Crippen LogP contribution in [0.5, 0.6) is 0 Å². The predicted molar refractivity (Wildman–Crippen MR) is 131 cm³/mol. The van der Waals surface area contributed by atoms with Gasteiger partial charge in [0.2, 0.25) is 5.91 Å². The van der Waals surface area contributed by atoms with E-state index in [-0.39, 0.29) is 5.82 Å². The molecule has 5 nitrogen and oxygen atoms in total. The molecule has 0 unspecified atom stereocenters. The summed E-state index contributed by atoms with van der Waals surface area (Å²) < 4.78 is 15.2. The minimum absolute atomic E-state index is 0.254. The molecule has 0 heterocycles. The zero-order valence-electron chi connectivity index (χ0n) is 20.1. The number of aliphatic carboxylic acids is 1. The molecule has 1 fully saturated rings. The number of hydrogen-bond acceptors (Lipinski definition) is 3. The number of halogens is 1. The Kier molecular flexibility index (Phi) is 7.57. The van der Waals surface area contributed by atoms with Gasteiger partial charge in [0.25, 0.3) is 0 Å². The van der Waals surface area contributed by atoms with Gasteiger partial charge >= 0.3 is 5.97 Å². The van der Waals surface area contributed by atoms with Gasteiger partial charge in [-0.05, 0) is 105 Å². The highest BCUT2D eigenvalue weighted by atomic mass is 19.1. The average molecular weight is 453 g/mol. The van der Waals surface area contributed by atoms with Gasteiger partial charge in [-0.3, -0.25) is 9.59 Å². The monoisotopic (exact) mass is 452 g/mol. The fraction of sp³-hybridized carbons (Fsp3) is 0.407. The summed E-state index contributed by atoms with van der Waals surface area (Å²) in [5.41, 5.74) is 7.42. The Labute approximate surface area is 195 Å². The van der Waals surface area contributed by atoms with E-state index in [1.165, 1.54) is 12.8 Å². The normalized spacial score (nSPS) is 14.4. The van der Waals surface area contributed by atoms with Crippen LogP contribution in [0.2, 0.25) is 0 Å². The van der Waals surface area contributed by atoms with Gasteiger partial charge in [0, 0.05) is 22.9 Å². The lowest BCUT2D eigenvalue weighted by Crippen LogP contribution is -2.29. The quantitative estimate of drug-likeness (QED) is 0.472. The molecule has 33 heavy (non-hydrogen) atoms. The van der Waals surface area contributed by atoms with E-state index in [9.17, 15) is 9.59 Å². The summed E-state index contributed by atoms with van der Waals surface area (Å²) >= 11 is 0. The smallest absolute Gasteiger partial charge is 0.322 e. The van der Waals surface area contributed by atoms with Crippen LogP contribution in [0.3, 0.4) is 0 Å². The topological polar surface area (TPSA) is 78.4 Å². The van der Waals surface area contributed by atoms with Gasteiger partial charge in [0.1, 0.15) is 12.4 Å². The molecule has 3 rings (SSSR count). The van der Waals surface area contributed by atoms with Crippen molar-refractivity contribution >= 4 is 23.6 Å². The van der Waals surface area contributed by atoms with Gasteiger partial charge in [0.15, 0.2) is 0 Å². The minimum atomic E-state index is -1.09. The van der Waals surface area contributed by atoms with E-state index in [2.05, 4.69) is 10.6 Å². The highest BCUT2D eigenvalue weighted by Crippen LogP contribution is 2.37. The Morgan fingerprint density at radius 1 is 1.06 bits per heavy atom. The third kappa shape index (κ3) is 5.44. The number of carboxylic acid groups (broad SMARTS) is 1. The van der Waals surface area contributed by atoms with Gasteiger partial charge in [-0.2, -0.15) is 0 Å². The predicted octanol–water partition coefficient (Wildman–Crippen LogP) is 5.68. The number of carbonyl (C=O) groups is 2. The van der Waals surface area contributed by atoms with E-state index < -0.39 is 18.4 Å². The van der Waals surface area contributed by atoms with Crippen molar-refractivity contribution in [2.45, 2.75) is 66.3 Å². The van der Waals surface area contributed by atoms with Crippen molar-refractivity contribution in [2.24, 2.45) is 0 Å². The van der Waals surface area contributed by atoms with Crippen LogP contribution >= 0.6 is 0 Å². The summed E-state index contributed by atoms with van der Waals surface area (Å²) in [5.74, 6) is -1.77. The van der Waals surface area contributed by atoms with Crippen molar-refractivity contribution in [2.75, 3.05) is 11.9 Å². The molecule has 0 saturated heterocycles. The summed E-state index contributed by atoms with van der Waals surface area (Å²) in [5, 5.41) is 14.6. The molecule has 1 aliphatic carbocycles. The third-order valence-electron chi connectivity index (χ3n) is 6.77. The van der Waals surface area contributed by atoms with Crippen molar-refractivity contribution in [3.05, 3.63) is 57.4 Å². The summed E-state index contributed by atoms with van der Waals surface area (Å²) in [6, 6.07) is 5.80. The van der Waals surface area contributed by atoms with Gasteiger partial charge < -0.3 is 15.7 Å². The average Bonchev–Trinajstić information content (AvgIpc) is 3.28. The molecule has 0 atom stereocenters. The van der Waals surface area contributed by atoms with Gasteiger partial charge in [-0.1, -0.05) is 12.8 Å². The van der Waals surface area contributed by atoms with Gasteiger partial charge in [0.05, 0.1) is 0 Å². The lowest BCUT2D eigenvalue weighted by atomic mass is 9.85. The molecule has 0 radical (unpaired) electrons. The van der Waals surface area contributed by atoms with Crippen LogP contribution in [0.1, 0.15) is 60.4 Å². The van der Waals surface area contributed by atoms with Crippen LogP contribution in [-0.2, 0) is 9.59 Å². The van der Waals surface area contributed by atoms with E-state index in [4.69, 9.17) is 5.11 Å². The lowest BCUT2D eigenvalue weighted by molar-refractivity contribution is -0.137. The maximum Gasteiger partial charge on any atom is 0.322 e. The van der Waals surface area contributed by atoms with E-state index in [1.54, 1.807) is 19.1 Å². The number of carboxylic acids is 1. The van der Waals surface area contributed by atoms with Crippen molar-refractivity contribution in [3.63, 3.8) is 0 Å². The first-order chi connectivity index (χ1) is 15.6. The second-order valence-corrected chi connectivity index (χ2v) is 9.01. The second kappa shape index (κ2) is 10.2. The maximum atomic E-state index is 15.2. The van der Waals surface area contributed by atoms with Gasteiger partial charge in [-0.15, -0.1) is 0 Å². The molecule has 2 aromatic rings. The first kappa shape index (κ1) is 24.5. The van der Waals surface area contributed by atoms with E-state index in [0.29, 0.717) is 17.2 Å². The Morgan fingerprint density at radius 3 is 2.21 bits per heavy atom. The summed E-state index contributed by atoms with van der Waals surface area (Å²) in [6.07, 6.45) is 6.47. The fourth-order valence-electron chi connectivity index (χ4n) is 4.65. The van der Waals surface area contributed by atoms with Crippen LogP contribution in [0.15, 0.2) is 23.8 Å². The standard InChI is InChI=1S/C27H33FN2O3/c1-15(27(33)29-14-25(31)32)12-23-16(2)18(4)26(19(5)17(23)3)22-11-10-21(13-24(22)28)30-20-8-6-7-9-20/h10-13,20,30H,6-9,14H2,1-5H3,(H,29,33)(H,31,32)/b15-12+. The molecule has 1 saturated carbocycles. The molecule has 0 spiro atoms. The third-order valence-corrected chi connectivity index (χ3v) is 6.77. The van der Waals surface area contributed by atoms with E-state index >= 15 is 4.39 Å². The van der Waals surface area contributed by atoms with Crippen LogP contribution < -0.4 is 10.6 Å². The molecule has 176 valence electrons. The number of nitrogens with one attached hydrogen (secondary N) is 2. The largest absolute Gasteiger partial charge is 0.480 e. The van der Waals surface area contributed by atoms with Crippen LogP contribution in [0, 0.1) is 33.5 Å². The molecule has 0 aromatic heterocycles. The summed E-state index contributed by atoms with van der Waals surface area (Å²) in [6.45, 7) is 9.10. The molecular weight excluding hydrogens is 419 g/mol. The molecule has 3 N–H and O–H groups in total. The zero-order valence-corrected chi connectivity index (χ0v) is 20.1. The molecule has 2 aromatic carbocycles. The molecule has 0 bridgehead atoms. The molecule has 6 heteroatoms. The van der Waals surface area contributed by atoms with Crippen LogP contribution in [0.4, 0.5) is 10.1 Å². The minimum Gasteiger partial charge on any atom is -0.480 e. The Balaban J connectivity index is 1.96. The van der Waals surface area contributed by atoms with Crippen molar-refractivity contribution < 1.29 is 19.1 Å². The van der Waals surface area contributed by atoms with Crippen molar-refractivity contribution in [1.29, 1.82) is 0 Å². The Bertz CT molecular complexity index is 1090. The molecule has 1 amide bonds. The van der Waals surface area contributed by atoms with Crippen LogP contribution in [0.25, 0.3) is 17.2 Å². The highest BCUT2D eigenvalue weighted by Gasteiger charge is 2.20.